The number of rotatable bonds is 1. The lowest BCUT2D eigenvalue weighted by Crippen LogP contribution is -2.47. The van der Waals surface area contributed by atoms with Crippen LogP contribution in [-0.4, -0.2) is 25.3 Å². The Bertz CT molecular complexity index is 200. The Balaban J connectivity index is 1.92. The first kappa shape index (κ1) is 8.25. The molecule has 2 heterocycles. The lowest BCUT2D eigenvalue weighted by Gasteiger charge is -2.46. The topological polar surface area (TPSA) is 21.3 Å². The first-order chi connectivity index (χ1) is 6.30. The van der Waals surface area contributed by atoms with E-state index in [0.29, 0.717) is 0 Å². The molecule has 0 amide bonds. The second kappa shape index (κ2) is 2.71. The number of methoxy groups -OCH3 is 1. The highest BCUT2D eigenvalue weighted by Gasteiger charge is 2.48. The largest absolute Gasteiger partial charge is 0.378 e. The van der Waals surface area contributed by atoms with Gasteiger partial charge in [-0.3, -0.25) is 0 Å². The van der Waals surface area contributed by atoms with Crippen LogP contribution in [0.1, 0.15) is 32.1 Å². The van der Waals surface area contributed by atoms with Crippen LogP contribution in [-0.2, 0) is 4.74 Å². The van der Waals surface area contributed by atoms with Crippen LogP contribution < -0.4 is 5.32 Å². The molecule has 4 atom stereocenters. The van der Waals surface area contributed by atoms with E-state index in [1.807, 2.05) is 7.11 Å². The molecule has 2 aliphatic heterocycles. The lowest BCUT2D eigenvalue weighted by atomic mass is 9.65. The van der Waals surface area contributed by atoms with Crippen LogP contribution >= 0.6 is 0 Å². The summed E-state index contributed by atoms with van der Waals surface area (Å²) in [6, 6.07) is 0.756. The van der Waals surface area contributed by atoms with E-state index < -0.39 is 0 Å². The van der Waals surface area contributed by atoms with Crippen molar-refractivity contribution in [2.24, 2.45) is 11.8 Å². The van der Waals surface area contributed by atoms with Crippen LogP contribution in [0, 0.1) is 11.8 Å². The summed E-state index contributed by atoms with van der Waals surface area (Å²) in [5.41, 5.74) is 0.264. The number of hydrogen-bond donors (Lipinski definition) is 1. The van der Waals surface area contributed by atoms with Gasteiger partial charge in [-0.05, 0) is 50.5 Å². The molecule has 2 saturated carbocycles. The van der Waals surface area contributed by atoms with Crippen molar-refractivity contribution in [3.63, 3.8) is 0 Å². The van der Waals surface area contributed by atoms with Crippen molar-refractivity contribution in [3.8, 4) is 0 Å². The molecule has 0 aromatic heterocycles. The van der Waals surface area contributed by atoms with E-state index in [4.69, 9.17) is 4.74 Å². The molecular formula is C11H19NO. The Morgan fingerprint density at radius 1 is 1.15 bits per heavy atom. The second-order valence-electron chi connectivity index (χ2n) is 5.31. The molecule has 2 heteroatoms. The summed E-state index contributed by atoms with van der Waals surface area (Å²) in [4.78, 5) is 0. The summed E-state index contributed by atoms with van der Waals surface area (Å²) in [6.45, 7) is 1.24. The number of nitrogens with one attached hydrogen (secondary N) is 1. The second-order valence-corrected chi connectivity index (χ2v) is 5.31. The van der Waals surface area contributed by atoms with E-state index in [1.54, 1.807) is 0 Å². The molecule has 1 N–H and O–H groups in total. The number of ether oxygens (including phenoxy) is 1. The molecule has 2 saturated heterocycles. The Hall–Kier alpha value is -0.0800. The molecule has 4 unspecified atom stereocenters. The quantitative estimate of drug-likeness (QED) is 0.662. The Morgan fingerprint density at radius 3 is 2.85 bits per heavy atom. The molecule has 0 radical (unpaired) electrons. The molecule has 4 fully saturated rings. The summed E-state index contributed by atoms with van der Waals surface area (Å²) in [6.07, 6.45) is 6.76. The summed E-state index contributed by atoms with van der Waals surface area (Å²) < 4.78 is 5.79. The Morgan fingerprint density at radius 2 is 2.00 bits per heavy atom. The molecule has 13 heavy (non-hydrogen) atoms. The Labute approximate surface area is 80.0 Å². The van der Waals surface area contributed by atoms with E-state index in [9.17, 15) is 0 Å². The van der Waals surface area contributed by atoms with Crippen LogP contribution in [0.15, 0.2) is 0 Å². The van der Waals surface area contributed by atoms with Crippen LogP contribution in [0.5, 0.6) is 0 Å². The van der Waals surface area contributed by atoms with E-state index >= 15 is 0 Å². The average Bonchev–Trinajstić information content (AvgIpc) is 2.33. The first-order valence-corrected chi connectivity index (χ1v) is 5.58. The fourth-order valence-corrected chi connectivity index (χ4v) is 3.95. The highest BCUT2D eigenvalue weighted by atomic mass is 16.5. The maximum atomic E-state index is 5.79. The third-order valence-corrected chi connectivity index (χ3v) is 4.35. The van der Waals surface area contributed by atoms with Crippen molar-refractivity contribution in [3.05, 3.63) is 0 Å². The normalized spacial score (nSPS) is 53.8. The standard InChI is InChI=1S/C11H19NO/c1-13-11-4-8-2-9(5-11)7-12-10(3-8)6-11/h8-10,12H,2-7H2,1H3. The zero-order chi connectivity index (χ0) is 8.89. The van der Waals surface area contributed by atoms with Gasteiger partial charge in [0.15, 0.2) is 0 Å². The molecule has 0 spiro atoms. The minimum absolute atomic E-state index is 0.264. The summed E-state index contributed by atoms with van der Waals surface area (Å²) >= 11 is 0. The van der Waals surface area contributed by atoms with Gasteiger partial charge in [0.05, 0.1) is 5.60 Å². The molecule has 74 valence electrons. The SMILES string of the molecule is COC12CC3CNC(CC(C3)C1)C2. The van der Waals surface area contributed by atoms with Gasteiger partial charge in [0, 0.05) is 13.2 Å². The van der Waals surface area contributed by atoms with Gasteiger partial charge in [-0.2, -0.15) is 0 Å². The zero-order valence-corrected chi connectivity index (χ0v) is 8.38. The lowest BCUT2D eigenvalue weighted by molar-refractivity contribution is -0.0913. The summed E-state index contributed by atoms with van der Waals surface area (Å²) in [5, 5.41) is 3.68. The van der Waals surface area contributed by atoms with Crippen LogP contribution in [0.4, 0.5) is 0 Å². The number of fused-ring (bicyclic) bond motifs is 1. The molecule has 2 aliphatic carbocycles. The molecule has 4 bridgehead atoms. The van der Waals surface area contributed by atoms with Gasteiger partial charge in [0.1, 0.15) is 0 Å². The minimum atomic E-state index is 0.264. The fraction of sp³-hybridized carbons (Fsp3) is 1.00. The van der Waals surface area contributed by atoms with E-state index in [-0.39, 0.29) is 5.60 Å². The van der Waals surface area contributed by atoms with Crippen molar-refractivity contribution >= 4 is 0 Å². The Kier molecular flexibility index (Phi) is 1.72. The maximum Gasteiger partial charge on any atom is 0.0699 e. The van der Waals surface area contributed by atoms with Gasteiger partial charge in [-0.15, -0.1) is 0 Å². The molecular weight excluding hydrogens is 162 g/mol. The van der Waals surface area contributed by atoms with Gasteiger partial charge >= 0.3 is 0 Å². The van der Waals surface area contributed by atoms with Crippen LogP contribution in [0.2, 0.25) is 0 Å². The third-order valence-electron chi connectivity index (χ3n) is 4.35. The van der Waals surface area contributed by atoms with Gasteiger partial charge in [-0.25, -0.2) is 0 Å². The monoisotopic (exact) mass is 181 g/mol. The minimum Gasteiger partial charge on any atom is -0.378 e. The predicted molar refractivity (Wildman–Crippen MR) is 51.6 cm³/mol. The van der Waals surface area contributed by atoms with Gasteiger partial charge in [0.25, 0.3) is 0 Å². The average molecular weight is 181 g/mol. The van der Waals surface area contributed by atoms with E-state index in [0.717, 1.165) is 17.9 Å². The fourth-order valence-electron chi connectivity index (χ4n) is 3.95. The van der Waals surface area contributed by atoms with Crippen molar-refractivity contribution in [1.82, 2.24) is 5.32 Å². The predicted octanol–water partition coefficient (Wildman–Crippen LogP) is 1.55. The summed E-state index contributed by atoms with van der Waals surface area (Å²) in [5.74, 6) is 1.85. The van der Waals surface area contributed by atoms with Crippen molar-refractivity contribution < 1.29 is 4.74 Å². The maximum absolute atomic E-state index is 5.79. The van der Waals surface area contributed by atoms with Gasteiger partial charge < -0.3 is 10.1 Å². The van der Waals surface area contributed by atoms with Gasteiger partial charge in [-0.1, -0.05) is 0 Å². The zero-order valence-electron chi connectivity index (χ0n) is 8.38. The molecule has 2 nitrogen and oxygen atoms in total. The molecule has 0 aromatic rings. The van der Waals surface area contributed by atoms with Crippen molar-refractivity contribution in [2.75, 3.05) is 13.7 Å². The van der Waals surface area contributed by atoms with E-state index in [1.165, 1.54) is 38.6 Å². The van der Waals surface area contributed by atoms with Crippen LogP contribution in [0.25, 0.3) is 0 Å². The van der Waals surface area contributed by atoms with Crippen molar-refractivity contribution in [1.29, 1.82) is 0 Å². The smallest absolute Gasteiger partial charge is 0.0699 e. The highest BCUT2D eigenvalue weighted by molar-refractivity contribution is 5.03. The van der Waals surface area contributed by atoms with Gasteiger partial charge in [0.2, 0.25) is 0 Å². The number of hydrogen-bond acceptors (Lipinski definition) is 2. The molecule has 0 aromatic carbocycles. The van der Waals surface area contributed by atoms with Crippen LogP contribution in [0.3, 0.4) is 0 Å². The molecule has 4 aliphatic rings. The van der Waals surface area contributed by atoms with E-state index in [2.05, 4.69) is 5.32 Å². The third kappa shape index (κ3) is 1.23. The highest BCUT2D eigenvalue weighted by Crippen LogP contribution is 2.48. The van der Waals surface area contributed by atoms with Crippen molar-refractivity contribution in [2.45, 2.75) is 43.7 Å². The summed E-state index contributed by atoms with van der Waals surface area (Å²) in [7, 11) is 1.91. The first-order valence-electron chi connectivity index (χ1n) is 5.58. The molecule has 4 rings (SSSR count).